The summed E-state index contributed by atoms with van der Waals surface area (Å²) < 4.78 is 1.28. The first-order valence-electron chi connectivity index (χ1n) is 4.33. The molecule has 1 aliphatic rings. The second kappa shape index (κ2) is 6.66. The quantitative estimate of drug-likeness (QED) is 0.563. The molecule has 1 rings (SSSR count). The lowest BCUT2D eigenvalue weighted by Crippen LogP contribution is -1.70. The maximum absolute atomic E-state index is 3.50. The van der Waals surface area contributed by atoms with Crippen molar-refractivity contribution >= 4 is 15.9 Å². The zero-order chi connectivity index (χ0) is 8.69. The molecule has 0 amide bonds. The first kappa shape index (κ1) is 11.0. The summed E-state index contributed by atoms with van der Waals surface area (Å²) in [4.78, 5) is 0. The minimum atomic E-state index is 1.22. The molecule has 0 heterocycles. The Morgan fingerprint density at radius 3 is 2.36 bits per heavy atom. The van der Waals surface area contributed by atoms with E-state index in [0.29, 0.717) is 0 Å². The standard InChI is InChI=1S/C8H11Br.C2H6/c1-7-5-3-2-4-6-8(7)9;1-2/h5-6H,2-4H2,1H3;1-2H3. The molecule has 0 N–H and O–H groups in total. The van der Waals surface area contributed by atoms with Crippen LogP contribution >= 0.6 is 15.9 Å². The molecule has 0 saturated carbocycles. The lowest BCUT2D eigenvalue weighted by Gasteiger charge is -1.92. The average molecular weight is 217 g/mol. The lowest BCUT2D eigenvalue weighted by atomic mass is 10.2. The minimum absolute atomic E-state index is 1.22. The van der Waals surface area contributed by atoms with Gasteiger partial charge >= 0.3 is 0 Å². The van der Waals surface area contributed by atoms with Gasteiger partial charge in [0.1, 0.15) is 0 Å². The van der Waals surface area contributed by atoms with Crippen LogP contribution in [0.2, 0.25) is 0 Å². The van der Waals surface area contributed by atoms with E-state index < -0.39 is 0 Å². The second-order valence-corrected chi connectivity index (χ2v) is 3.22. The van der Waals surface area contributed by atoms with Gasteiger partial charge in [0.15, 0.2) is 0 Å². The van der Waals surface area contributed by atoms with Gasteiger partial charge in [0.2, 0.25) is 0 Å². The van der Waals surface area contributed by atoms with Gasteiger partial charge < -0.3 is 0 Å². The molecule has 0 aromatic carbocycles. The van der Waals surface area contributed by atoms with Crippen LogP contribution in [0.15, 0.2) is 22.2 Å². The normalized spacial score (nSPS) is 17.1. The smallest absolute Gasteiger partial charge is 0.0161 e. The SMILES string of the molecule is CC.CC1=CCCCC=C1Br. The van der Waals surface area contributed by atoms with Gasteiger partial charge in [0, 0.05) is 4.48 Å². The van der Waals surface area contributed by atoms with Gasteiger partial charge in [-0.15, -0.1) is 0 Å². The number of allylic oxidation sites excluding steroid dienone is 4. The van der Waals surface area contributed by atoms with Gasteiger partial charge in [-0.05, 0) is 31.8 Å². The largest absolute Gasteiger partial charge is 0.0805 e. The summed E-state index contributed by atoms with van der Waals surface area (Å²) in [6, 6.07) is 0. The van der Waals surface area contributed by atoms with E-state index in [0.717, 1.165) is 0 Å². The molecular formula is C10H17Br. The molecule has 0 atom stereocenters. The third-order valence-electron chi connectivity index (χ3n) is 1.56. The van der Waals surface area contributed by atoms with Crippen LogP contribution in [0.25, 0.3) is 0 Å². The summed E-state index contributed by atoms with van der Waals surface area (Å²) in [7, 11) is 0. The molecule has 0 bridgehead atoms. The fourth-order valence-corrected chi connectivity index (χ4v) is 1.31. The zero-order valence-electron chi connectivity index (χ0n) is 7.65. The van der Waals surface area contributed by atoms with Gasteiger partial charge in [-0.2, -0.15) is 0 Å². The van der Waals surface area contributed by atoms with Crippen LogP contribution in [-0.2, 0) is 0 Å². The van der Waals surface area contributed by atoms with E-state index in [9.17, 15) is 0 Å². The molecule has 0 aromatic rings. The van der Waals surface area contributed by atoms with E-state index in [2.05, 4.69) is 35.0 Å². The van der Waals surface area contributed by atoms with Crippen molar-refractivity contribution in [1.29, 1.82) is 0 Å². The summed E-state index contributed by atoms with van der Waals surface area (Å²) in [6.07, 6.45) is 8.28. The van der Waals surface area contributed by atoms with Gasteiger partial charge in [0.05, 0.1) is 0 Å². The predicted molar refractivity (Wildman–Crippen MR) is 56.0 cm³/mol. The van der Waals surface area contributed by atoms with Crippen molar-refractivity contribution in [2.75, 3.05) is 0 Å². The van der Waals surface area contributed by atoms with Crippen molar-refractivity contribution in [2.24, 2.45) is 0 Å². The highest BCUT2D eigenvalue weighted by molar-refractivity contribution is 9.12. The Kier molecular flexibility index (Phi) is 6.63. The Hall–Kier alpha value is -0.0400. The molecular weight excluding hydrogens is 200 g/mol. The third-order valence-corrected chi connectivity index (χ3v) is 2.51. The zero-order valence-corrected chi connectivity index (χ0v) is 9.24. The van der Waals surface area contributed by atoms with Gasteiger partial charge in [-0.3, -0.25) is 0 Å². The van der Waals surface area contributed by atoms with Crippen molar-refractivity contribution in [3.05, 3.63) is 22.2 Å². The Morgan fingerprint density at radius 1 is 1.18 bits per heavy atom. The highest BCUT2D eigenvalue weighted by Gasteiger charge is 1.97. The molecule has 0 aromatic heterocycles. The van der Waals surface area contributed by atoms with Crippen molar-refractivity contribution < 1.29 is 0 Å². The molecule has 1 heteroatoms. The van der Waals surface area contributed by atoms with Crippen molar-refractivity contribution in [2.45, 2.75) is 40.0 Å². The summed E-state index contributed by atoms with van der Waals surface area (Å²) >= 11 is 3.50. The van der Waals surface area contributed by atoms with Gasteiger partial charge in [-0.1, -0.05) is 41.9 Å². The predicted octanol–water partition coefficient (Wildman–Crippen LogP) is 4.42. The fraction of sp³-hybridized carbons (Fsp3) is 0.600. The lowest BCUT2D eigenvalue weighted by molar-refractivity contribution is 0.874. The molecule has 0 radical (unpaired) electrons. The number of rotatable bonds is 0. The Morgan fingerprint density at radius 2 is 1.73 bits per heavy atom. The van der Waals surface area contributed by atoms with E-state index in [1.54, 1.807) is 0 Å². The van der Waals surface area contributed by atoms with Gasteiger partial charge in [-0.25, -0.2) is 0 Å². The maximum Gasteiger partial charge on any atom is 0.0161 e. The first-order chi connectivity index (χ1) is 5.30. The number of halogens is 1. The van der Waals surface area contributed by atoms with Crippen LogP contribution in [0.3, 0.4) is 0 Å². The van der Waals surface area contributed by atoms with E-state index in [-0.39, 0.29) is 0 Å². The van der Waals surface area contributed by atoms with Crippen molar-refractivity contribution in [3.63, 3.8) is 0 Å². The molecule has 0 nitrogen and oxygen atoms in total. The van der Waals surface area contributed by atoms with E-state index in [4.69, 9.17) is 0 Å². The van der Waals surface area contributed by atoms with Crippen LogP contribution in [-0.4, -0.2) is 0 Å². The fourth-order valence-electron chi connectivity index (χ4n) is 0.924. The third kappa shape index (κ3) is 4.41. The summed E-state index contributed by atoms with van der Waals surface area (Å²) in [5.41, 5.74) is 1.38. The maximum atomic E-state index is 3.50. The Bertz CT molecular complexity index is 136. The highest BCUT2D eigenvalue weighted by Crippen LogP contribution is 2.21. The van der Waals surface area contributed by atoms with Crippen LogP contribution in [0, 0.1) is 0 Å². The van der Waals surface area contributed by atoms with Crippen LogP contribution in [0.1, 0.15) is 40.0 Å². The number of hydrogen-bond donors (Lipinski definition) is 0. The Balaban J connectivity index is 0.000000461. The van der Waals surface area contributed by atoms with E-state index in [1.807, 2.05) is 13.8 Å². The monoisotopic (exact) mass is 216 g/mol. The van der Waals surface area contributed by atoms with Crippen LogP contribution in [0.4, 0.5) is 0 Å². The second-order valence-electron chi connectivity index (χ2n) is 2.37. The van der Waals surface area contributed by atoms with Crippen LogP contribution < -0.4 is 0 Å². The minimum Gasteiger partial charge on any atom is -0.0805 e. The number of hydrogen-bond acceptors (Lipinski definition) is 0. The van der Waals surface area contributed by atoms with E-state index in [1.165, 1.54) is 29.3 Å². The van der Waals surface area contributed by atoms with Crippen molar-refractivity contribution in [1.82, 2.24) is 0 Å². The summed E-state index contributed by atoms with van der Waals surface area (Å²) in [5, 5.41) is 0. The Labute approximate surface area is 78.5 Å². The molecule has 0 spiro atoms. The topological polar surface area (TPSA) is 0 Å². The summed E-state index contributed by atoms with van der Waals surface area (Å²) in [5.74, 6) is 0. The first-order valence-corrected chi connectivity index (χ1v) is 5.13. The average Bonchev–Trinajstić information content (AvgIpc) is 2.22. The van der Waals surface area contributed by atoms with Crippen molar-refractivity contribution in [3.8, 4) is 0 Å². The van der Waals surface area contributed by atoms with E-state index >= 15 is 0 Å². The molecule has 0 fully saturated rings. The van der Waals surface area contributed by atoms with Gasteiger partial charge in [0.25, 0.3) is 0 Å². The summed E-state index contributed by atoms with van der Waals surface area (Å²) in [6.45, 7) is 6.14. The molecule has 0 unspecified atom stereocenters. The molecule has 0 saturated heterocycles. The van der Waals surface area contributed by atoms with Crippen LogP contribution in [0.5, 0.6) is 0 Å². The highest BCUT2D eigenvalue weighted by atomic mass is 79.9. The molecule has 64 valence electrons. The molecule has 11 heavy (non-hydrogen) atoms. The molecule has 1 aliphatic carbocycles. The molecule has 0 aliphatic heterocycles.